The quantitative estimate of drug-likeness (QED) is 0.642. The number of benzene rings is 2. The van der Waals surface area contributed by atoms with E-state index >= 15 is 0 Å². The number of halogens is 5. The Morgan fingerprint density at radius 1 is 1.05 bits per heavy atom. The van der Waals surface area contributed by atoms with E-state index in [-0.39, 0.29) is 6.54 Å². The van der Waals surface area contributed by atoms with Crippen LogP contribution in [0.1, 0.15) is 11.4 Å². The minimum atomic E-state index is -4.49. The summed E-state index contributed by atoms with van der Waals surface area (Å²) >= 11 is 11.9. The van der Waals surface area contributed by atoms with Crippen LogP contribution in [0.25, 0.3) is 11.0 Å². The molecular weight excluding hydrogens is 336 g/mol. The maximum absolute atomic E-state index is 13.2. The summed E-state index contributed by atoms with van der Waals surface area (Å²) in [5.41, 5.74) is 1.44. The molecule has 114 valence electrons. The maximum Gasteiger partial charge on any atom is 0.494 e. The van der Waals surface area contributed by atoms with E-state index in [1.807, 2.05) is 0 Å². The molecule has 0 radical (unpaired) electrons. The lowest BCUT2D eigenvalue weighted by Crippen LogP contribution is -2.41. The lowest BCUT2D eigenvalue weighted by molar-refractivity contribution is -0.682. The zero-order valence-corrected chi connectivity index (χ0v) is 12.6. The van der Waals surface area contributed by atoms with Gasteiger partial charge in [-0.1, -0.05) is 41.4 Å². The van der Waals surface area contributed by atoms with Gasteiger partial charge in [0.1, 0.15) is 6.54 Å². The molecule has 0 spiro atoms. The fraction of sp³-hybridized carbons (Fsp3) is 0.133. The first-order valence-electron chi connectivity index (χ1n) is 6.38. The summed E-state index contributed by atoms with van der Waals surface area (Å²) in [7, 11) is 0. The first-order chi connectivity index (χ1) is 10.4. The van der Waals surface area contributed by atoms with Crippen LogP contribution in [0, 0.1) is 0 Å². The van der Waals surface area contributed by atoms with Gasteiger partial charge in [0.2, 0.25) is 0 Å². The minimum absolute atomic E-state index is 0.00510. The Hall–Kier alpha value is -1.72. The molecule has 0 saturated carbocycles. The Balaban J connectivity index is 2.16. The van der Waals surface area contributed by atoms with Gasteiger partial charge in [0.25, 0.3) is 0 Å². The van der Waals surface area contributed by atoms with Crippen LogP contribution >= 0.6 is 23.2 Å². The Labute approximate surface area is 134 Å². The molecule has 1 N–H and O–H groups in total. The van der Waals surface area contributed by atoms with E-state index in [2.05, 4.69) is 4.98 Å². The molecule has 22 heavy (non-hydrogen) atoms. The van der Waals surface area contributed by atoms with E-state index in [0.717, 1.165) is 0 Å². The van der Waals surface area contributed by atoms with Gasteiger partial charge in [-0.05, 0) is 24.3 Å². The van der Waals surface area contributed by atoms with Crippen molar-refractivity contribution in [3.05, 3.63) is 63.9 Å². The summed E-state index contributed by atoms with van der Waals surface area (Å²) < 4.78 is 40.9. The Morgan fingerprint density at radius 3 is 2.45 bits per heavy atom. The summed E-state index contributed by atoms with van der Waals surface area (Å²) in [6, 6.07) is 11.3. The highest BCUT2D eigenvalue weighted by Crippen LogP contribution is 2.28. The van der Waals surface area contributed by atoms with Crippen LogP contribution in [0.15, 0.2) is 42.5 Å². The van der Waals surface area contributed by atoms with Gasteiger partial charge in [0, 0.05) is 15.6 Å². The van der Waals surface area contributed by atoms with E-state index in [4.69, 9.17) is 23.2 Å². The second-order valence-electron chi connectivity index (χ2n) is 4.81. The van der Waals surface area contributed by atoms with Gasteiger partial charge in [-0.2, -0.15) is 13.2 Å². The van der Waals surface area contributed by atoms with Gasteiger partial charge < -0.3 is 0 Å². The number of fused-ring (bicyclic) bond motifs is 1. The fourth-order valence-electron chi connectivity index (χ4n) is 2.34. The predicted octanol–water partition coefficient (Wildman–Crippen LogP) is 4.83. The highest BCUT2D eigenvalue weighted by molar-refractivity contribution is 6.35. The van der Waals surface area contributed by atoms with E-state index in [9.17, 15) is 13.2 Å². The molecule has 3 rings (SSSR count). The molecule has 0 fully saturated rings. The first kappa shape index (κ1) is 15.2. The summed E-state index contributed by atoms with van der Waals surface area (Å²) in [6.45, 7) is -0.00510. The van der Waals surface area contributed by atoms with Gasteiger partial charge in [0.05, 0.1) is 0 Å². The topological polar surface area (TPSA) is 19.7 Å². The summed E-state index contributed by atoms with van der Waals surface area (Å²) in [5, 5.41) is 0.770. The van der Waals surface area contributed by atoms with E-state index in [0.29, 0.717) is 26.6 Å². The third-order valence-corrected chi connectivity index (χ3v) is 3.92. The lowest BCUT2D eigenvalue weighted by atomic mass is 10.2. The molecule has 0 amide bonds. The second kappa shape index (κ2) is 5.48. The molecule has 0 unspecified atom stereocenters. The van der Waals surface area contributed by atoms with Gasteiger partial charge in [-0.25, -0.2) is 9.55 Å². The van der Waals surface area contributed by atoms with Crippen molar-refractivity contribution in [3.8, 4) is 0 Å². The van der Waals surface area contributed by atoms with Gasteiger partial charge in [-0.15, -0.1) is 0 Å². The summed E-state index contributed by atoms with van der Waals surface area (Å²) in [6.07, 6.45) is -4.49. The third-order valence-electron chi connectivity index (χ3n) is 3.33. The molecule has 0 bridgehead atoms. The Morgan fingerprint density at radius 2 is 1.77 bits per heavy atom. The zero-order valence-electron chi connectivity index (χ0n) is 11.1. The zero-order chi connectivity index (χ0) is 15.9. The van der Waals surface area contributed by atoms with Crippen molar-refractivity contribution in [1.82, 2.24) is 4.98 Å². The number of aromatic amines is 1. The number of rotatable bonds is 2. The molecule has 1 heterocycles. The van der Waals surface area contributed by atoms with Crippen LogP contribution in [-0.2, 0) is 12.7 Å². The van der Waals surface area contributed by atoms with Crippen molar-refractivity contribution in [2.24, 2.45) is 0 Å². The Bertz CT molecular complexity index is 840. The number of hydrogen-bond acceptors (Lipinski definition) is 0. The number of nitrogens with one attached hydrogen (secondary N) is 1. The number of H-pyrrole nitrogens is 1. The van der Waals surface area contributed by atoms with Crippen molar-refractivity contribution in [1.29, 1.82) is 0 Å². The van der Waals surface area contributed by atoms with E-state index < -0.39 is 12.0 Å². The molecular formula is C15H10Cl2F3N2+. The predicted molar refractivity (Wildman–Crippen MR) is 79.1 cm³/mol. The van der Waals surface area contributed by atoms with Gasteiger partial charge >= 0.3 is 12.0 Å². The van der Waals surface area contributed by atoms with Crippen LogP contribution < -0.4 is 4.57 Å². The maximum atomic E-state index is 13.2. The Kier molecular flexibility index (Phi) is 3.78. The van der Waals surface area contributed by atoms with Crippen molar-refractivity contribution >= 4 is 34.2 Å². The number of alkyl halides is 3. The third kappa shape index (κ3) is 2.78. The number of imidazole rings is 1. The molecule has 0 aliphatic rings. The molecule has 0 atom stereocenters. The molecule has 2 aromatic carbocycles. The van der Waals surface area contributed by atoms with Crippen molar-refractivity contribution in [2.75, 3.05) is 0 Å². The van der Waals surface area contributed by atoms with Crippen LogP contribution in [0.4, 0.5) is 13.2 Å². The number of nitrogens with zero attached hydrogens (tertiary/aromatic N) is 1. The van der Waals surface area contributed by atoms with Crippen molar-refractivity contribution in [3.63, 3.8) is 0 Å². The molecule has 0 aliphatic carbocycles. The molecule has 1 aromatic heterocycles. The largest absolute Gasteiger partial charge is 0.494 e. The average Bonchev–Trinajstić information content (AvgIpc) is 2.81. The van der Waals surface area contributed by atoms with Crippen molar-refractivity contribution < 1.29 is 17.7 Å². The van der Waals surface area contributed by atoms with Crippen molar-refractivity contribution in [2.45, 2.75) is 12.7 Å². The summed E-state index contributed by atoms with van der Waals surface area (Å²) in [5.74, 6) is -0.820. The van der Waals surface area contributed by atoms with E-state index in [1.165, 1.54) is 10.6 Å². The molecule has 3 aromatic rings. The SMILES string of the molecule is FC(F)(F)c1[nH]c2ccccc2[n+]1Cc1ccc(Cl)cc1Cl. The molecule has 0 saturated heterocycles. The molecule has 0 aliphatic heterocycles. The number of hydrogen-bond donors (Lipinski definition) is 1. The molecule has 2 nitrogen and oxygen atoms in total. The highest BCUT2D eigenvalue weighted by atomic mass is 35.5. The van der Waals surface area contributed by atoms with Crippen LogP contribution in [0.2, 0.25) is 10.0 Å². The molecule has 7 heteroatoms. The van der Waals surface area contributed by atoms with E-state index in [1.54, 1.807) is 36.4 Å². The normalized spacial score (nSPS) is 12.0. The minimum Gasteiger partial charge on any atom is -0.233 e. The van der Waals surface area contributed by atoms with Crippen LogP contribution in [-0.4, -0.2) is 4.98 Å². The van der Waals surface area contributed by atoms with Crippen LogP contribution in [0.3, 0.4) is 0 Å². The number of aromatic nitrogens is 2. The highest BCUT2D eigenvalue weighted by Gasteiger charge is 2.44. The fourth-order valence-corrected chi connectivity index (χ4v) is 2.81. The smallest absolute Gasteiger partial charge is 0.233 e. The van der Waals surface area contributed by atoms with Gasteiger partial charge in [-0.3, -0.25) is 0 Å². The first-order valence-corrected chi connectivity index (χ1v) is 7.13. The second-order valence-corrected chi connectivity index (χ2v) is 5.65. The average molecular weight is 346 g/mol. The standard InChI is InChI=1S/C15H9Cl2F3N2/c16-10-6-5-9(11(17)7-10)8-22-13-4-2-1-3-12(13)21-14(22)15(18,19)20/h1-7H,8H2/p+1. The summed E-state index contributed by atoms with van der Waals surface area (Å²) in [4.78, 5) is 2.42. The number of para-hydroxylation sites is 2. The van der Waals surface area contributed by atoms with Gasteiger partial charge in [0.15, 0.2) is 11.0 Å². The monoisotopic (exact) mass is 345 g/mol. The van der Waals surface area contributed by atoms with Crippen LogP contribution in [0.5, 0.6) is 0 Å². The lowest BCUT2D eigenvalue weighted by Gasteiger charge is -2.07.